The smallest absolute Gasteiger partial charge is 0.262 e. The number of carbonyl (C=O) groups is 1. The van der Waals surface area contributed by atoms with Gasteiger partial charge < -0.3 is 15.4 Å². The van der Waals surface area contributed by atoms with E-state index < -0.39 is 0 Å². The van der Waals surface area contributed by atoms with Crippen molar-refractivity contribution in [3.63, 3.8) is 0 Å². The normalized spacial score (nSPS) is 10.4. The molecule has 0 radical (unpaired) electrons. The van der Waals surface area contributed by atoms with Gasteiger partial charge in [-0.3, -0.25) is 4.79 Å². The van der Waals surface area contributed by atoms with Crippen molar-refractivity contribution in [1.29, 1.82) is 0 Å². The molecule has 144 valence electrons. The van der Waals surface area contributed by atoms with Crippen LogP contribution in [0.4, 0.5) is 11.4 Å². The van der Waals surface area contributed by atoms with Crippen LogP contribution in [-0.4, -0.2) is 12.5 Å². The molecule has 28 heavy (non-hydrogen) atoms. The Hall–Kier alpha value is -2.98. The Labute approximate surface area is 170 Å². The predicted octanol–water partition coefficient (Wildman–Crippen LogP) is 5.59. The number of ether oxygens (including phenoxy) is 1. The van der Waals surface area contributed by atoms with Crippen LogP contribution >= 0.6 is 11.6 Å². The van der Waals surface area contributed by atoms with E-state index in [1.165, 1.54) is 11.1 Å². The lowest BCUT2D eigenvalue weighted by Gasteiger charge is -2.12. The molecular weight excluding hydrogens is 372 g/mol. The van der Waals surface area contributed by atoms with E-state index >= 15 is 0 Å². The fraction of sp³-hybridized carbons (Fsp3) is 0.174. The summed E-state index contributed by atoms with van der Waals surface area (Å²) in [4.78, 5) is 12.0. The molecular formula is C23H23ClN2O2. The van der Waals surface area contributed by atoms with Gasteiger partial charge in [0, 0.05) is 17.9 Å². The first-order valence-corrected chi connectivity index (χ1v) is 9.46. The maximum Gasteiger partial charge on any atom is 0.262 e. The van der Waals surface area contributed by atoms with E-state index in [1.54, 1.807) is 6.07 Å². The van der Waals surface area contributed by atoms with Crippen molar-refractivity contribution in [3.05, 3.63) is 88.4 Å². The largest absolute Gasteiger partial charge is 0.482 e. The summed E-state index contributed by atoms with van der Waals surface area (Å²) < 4.78 is 5.56. The number of aryl methyl sites for hydroxylation is 2. The fourth-order valence-corrected chi connectivity index (χ4v) is 3.01. The quantitative estimate of drug-likeness (QED) is 0.549. The third-order valence-electron chi connectivity index (χ3n) is 4.29. The molecule has 5 heteroatoms. The number of benzene rings is 3. The van der Waals surface area contributed by atoms with Gasteiger partial charge in [-0.05, 0) is 60.9 Å². The zero-order chi connectivity index (χ0) is 19.9. The van der Waals surface area contributed by atoms with E-state index in [2.05, 4.69) is 42.7 Å². The zero-order valence-corrected chi connectivity index (χ0v) is 16.7. The summed E-state index contributed by atoms with van der Waals surface area (Å²) in [6.07, 6.45) is 0. The molecule has 0 fully saturated rings. The van der Waals surface area contributed by atoms with Gasteiger partial charge in [-0.2, -0.15) is 0 Å². The highest BCUT2D eigenvalue weighted by molar-refractivity contribution is 6.32. The molecule has 0 saturated carbocycles. The highest BCUT2D eigenvalue weighted by Crippen LogP contribution is 2.26. The molecule has 0 aliphatic heterocycles. The van der Waals surface area contributed by atoms with Crippen LogP contribution < -0.4 is 15.4 Å². The van der Waals surface area contributed by atoms with Crippen LogP contribution in [0.2, 0.25) is 5.02 Å². The summed E-state index contributed by atoms with van der Waals surface area (Å²) in [5, 5.41) is 6.68. The van der Waals surface area contributed by atoms with Gasteiger partial charge in [-0.15, -0.1) is 0 Å². The van der Waals surface area contributed by atoms with Gasteiger partial charge in [0.25, 0.3) is 5.91 Å². The minimum Gasteiger partial charge on any atom is -0.482 e. The minimum atomic E-state index is -0.233. The topological polar surface area (TPSA) is 50.4 Å². The molecule has 0 unspecified atom stereocenters. The number of hydrogen-bond donors (Lipinski definition) is 2. The third kappa shape index (κ3) is 5.51. The average Bonchev–Trinajstić information content (AvgIpc) is 2.68. The summed E-state index contributed by atoms with van der Waals surface area (Å²) in [6.45, 7) is 4.70. The van der Waals surface area contributed by atoms with Crippen molar-refractivity contribution in [2.75, 3.05) is 17.2 Å². The Bertz CT molecular complexity index is 958. The highest BCUT2D eigenvalue weighted by Gasteiger charge is 2.08. The van der Waals surface area contributed by atoms with E-state index in [0.717, 1.165) is 16.9 Å². The van der Waals surface area contributed by atoms with E-state index in [9.17, 15) is 4.79 Å². The van der Waals surface area contributed by atoms with Gasteiger partial charge in [-0.1, -0.05) is 48.0 Å². The first-order chi connectivity index (χ1) is 13.5. The second-order valence-corrected chi connectivity index (χ2v) is 7.05. The predicted molar refractivity (Wildman–Crippen MR) is 115 cm³/mol. The Kier molecular flexibility index (Phi) is 6.56. The van der Waals surface area contributed by atoms with E-state index in [-0.39, 0.29) is 12.5 Å². The van der Waals surface area contributed by atoms with E-state index in [1.807, 2.05) is 42.5 Å². The number of halogens is 1. The van der Waals surface area contributed by atoms with Crippen LogP contribution in [0.1, 0.15) is 16.7 Å². The standard InChI is InChI=1S/C23H23ClN2O2/c1-16-8-9-17(2)21(12-16)25-14-18-10-11-22(20(24)13-18)28-15-23(27)26-19-6-4-3-5-7-19/h3-13,25H,14-15H2,1-2H3,(H,26,27). The number of amides is 1. The molecule has 0 aliphatic rings. The molecule has 1 amide bonds. The van der Waals surface area contributed by atoms with Crippen molar-refractivity contribution < 1.29 is 9.53 Å². The van der Waals surface area contributed by atoms with E-state index in [0.29, 0.717) is 17.3 Å². The lowest BCUT2D eigenvalue weighted by atomic mass is 10.1. The molecule has 3 rings (SSSR count). The average molecular weight is 395 g/mol. The van der Waals surface area contributed by atoms with Gasteiger partial charge in [-0.25, -0.2) is 0 Å². The Morgan fingerprint density at radius 2 is 1.79 bits per heavy atom. The maximum absolute atomic E-state index is 12.0. The van der Waals surface area contributed by atoms with Crippen LogP contribution in [0.15, 0.2) is 66.7 Å². The number of nitrogens with one attached hydrogen (secondary N) is 2. The zero-order valence-electron chi connectivity index (χ0n) is 16.0. The van der Waals surface area contributed by atoms with E-state index in [4.69, 9.17) is 16.3 Å². The van der Waals surface area contributed by atoms with Crippen LogP contribution in [0.5, 0.6) is 5.75 Å². The molecule has 0 spiro atoms. The number of rotatable bonds is 7. The van der Waals surface area contributed by atoms with Crippen LogP contribution in [-0.2, 0) is 11.3 Å². The Morgan fingerprint density at radius 3 is 2.54 bits per heavy atom. The molecule has 3 aromatic rings. The lowest BCUT2D eigenvalue weighted by molar-refractivity contribution is -0.118. The molecule has 0 aromatic heterocycles. The summed E-state index contributed by atoms with van der Waals surface area (Å²) in [5.41, 5.74) is 5.28. The molecule has 0 bridgehead atoms. The molecule has 2 N–H and O–H groups in total. The van der Waals surface area contributed by atoms with Crippen molar-refractivity contribution in [3.8, 4) is 5.75 Å². The molecule has 4 nitrogen and oxygen atoms in total. The molecule has 0 atom stereocenters. The summed E-state index contributed by atoms with van der Waals surface area (Å²) in [5.74, 6) is 0.253. The second kappa shape index (κ2) is 9.29. The molecule has 0 heterocycles. The number of carbonyl (C=O) groups excluding carboxylic acids is 1. The van der Waals surface area contributed by atoms with Gasteiger partial charge in [0.2, 0.25) is 0 Å². The number of para-hydroxylation sites is 1. The first-order valence-electron chi connectivity index (χ1n) is 9.08. The maximum atomic E-state index is 12.0. The van der Waals surface area contributed by atoms with Gasteiger partial charge in [0.1, 0.15) is 5.75 Å². The summed E-state index contributed by atoms with van der Waals surface area (Å²) >= 11 is 6.33. The molecule has 3 aromatic carbocycles. The van der Waals surface area contributed by atoms with Gasteiger partial charge in [0.15, 0.2) is 6.61 Å². The van der Waals surface area contributed by atoms with Crippen molar-refractivity contribution in [2.45, 2.75) is 20.4 Å². The summed E-state index contributed by atoms with van der Waals surface area (Å²) in [6, 6.07) is 21.2. The highest BCUT2D eigenvalue weighted by atomic mass is 35.5. The lowest BCUT2D eigenvalue weighted by Crippen LogP contribution is -2.20. The van der Waals surface area contributed by atoms with Gasteiger partial charge >= 0.3 is 0 Å². The van der Waals surface area contributed by atoms with Gasteiger partial charge in [0.05, 0.1) is 5.02 Å². The van der Waals surface area contributed by atoms with Crippen molar-refractivity contribution in [1.82, 2.24) is 0 Å². The SMILES string of the molecule is Cc1ccc(C)c(NCc2ccc(OCC(=O)Nc3ccccc3)c(Cl)c2)c1. The monoisotopic (exact) mass is 394 g/mol. The number of anilines is 2. The fourth-order valence-electron chi connectivity index (χ4n) is 2.76. The minimum absolute atomic E-state index is 0.102. The van der Waals surface area contributed by atoms with Crippen molar-refractivity contribution >= 4 is 28.9 Å². The molecule has 0 saturated heterocycles. The first kappa shape index (κ1) is 19.8. The third-order valence-corrected chi connectivity index (χ3v) is 4.58. The van der Waals surface area contributed by atoms with Crippen LogP contribution in [0, 0.1) is 13.8 Å². The van der Waals surface area contributed by atoms with Crippen LogP contribution in [0.25, 0.3) is 0 Å². The van der Waals surface area contributed by atoms with Crippen molar-refractivity contribution in [2.24, 2.45) is 0 Å². The van der Waals surface area contributed by atoms with Crippen LogP contribution in [0.3, 0.4) is 0 Å². The Balaban J connectivity index is 1.55. The summed E-state index contributed by atoms with van der Waals surface area (Å²) in [7, 11) is 0. The number of hydrogen-bond acceptors (Lipinski definition) is 3. The second-order valence-electron chi connectivity index (χ2n) is 6.64. The Morgan fingerprint density at radius 1 is 1.00 bits per heavy atom. The molecule has 0 aliphatic carbocycles.